The van der Waals surface area contributed by atoms with Crippen molar-refractivity contribution in [1.82, 2.24) is 0 Å². The maximum absolute atomic E-state index is 12.9. The Hall–Kier alpha value is -3.07. The van der Waals surface area contributed by atoms with Gasteiger partial charge in [0.05, 0.1) is 18.5 Å². The van der Waals surface area contributed by atoms with Gasteiger partial charge in [-0.3, -0.25) is 13.7 Å². The van der Waals surface area contributed by atoms with E-state index in [9.17, 15) is 13.6 Å². The lowest BCUT2D eigenvalue weighted by Gasteiger charge is -2.26. The van der Waals surface area contributed by atoms with Crippen molar-refractivity contribution in [3.8, 4) is 5.75 Å². The Kier molecular flexibility index (Phi) is 7.09. The number of methoxy groups -OCH3 is 1. The number of nitrogens with one attached hydrogen (secondary N) is 1. The van der Waals surface area contributed by atoms with Crippen LogP contribution >= 0.6 is 0 Å². The number of ether oxygens (including phenoxy) is 1. The standard InChI is InChI=1S/C20H25N5O4S/c1-12-7-8-13(9-15(12)23-24-21)19(26)22-16-10-14(20(2,3)4)11-17(18(16)29-6)25(5)30(27)28/h7-11H,1-6H3,(H,22,26)(H,27,28). The predicted molar refractivity (Wildman–Crippen MR) is 119 cm³/mol. The van der Waals surface area contributed by atoms with Gasteiger partial charge >= 0.3 is 0 Å². The molecule has 160 valence electrons. The predicted octanol–water partition coefficient (Wildman–Crippen LogP) is 5.07. The molecule has 2 aromatic carbocycles. The van der Waals surface area contributed by atoms with Crippen molar-refractivity contribution >= 4 is 34.2 Å². The van der Waals surface area contributed by atoms with Crippen molar-refractivity contribution in [2.75, 3.05) is 23.8 Å². The molecule has 0 aliphatic rings. The van der Waals surface area contributed by atoms with E-state index in [0.717, 1.165) is 15.4 Å². The molecule has 9 nitrogen and oxygen atoms in total. The Bertz CT molecular complexity index is 1040. The van der Waals surface area contributed by atoms with Crippen LogP contribution in [0.2, 0.25) is 0 Å². The summed E-state index contributed by atoms with van der Waals surface area (Å²) in [6.45, 7) is 7.75. The Labute approximate surface area is 178 Å². The first-order valence-electron chi connectivity index (χ1n) is 9.04. The summed E-state index contributed by atoms with van der Waals surface area (Å²) < 4.78 is 27.8. The third kappa shape index (κ3) is 5.10. The molecule has 0 fully saturated rings. The van der Waals surface area contributed by atoms with Gasteiger partial charge in [0.25, 0.3) is 17.2 Å². The SMILES string of the molecule is COc1c(NC(=O)c2ccc(C)c(N=[N+]=[N-])c2)cc(C(C)(C)C)cc1N(C)S(=O)O. The summed E-state index contributed by atoms with van der Waals surface area (Å²) in [4.78, 5) is 15.7. The van der Waals surface area contributed by atoms with Crippen LogP contribution < -0.4 is 14.4 Å². The van der Waals surface area contributed by atoms with Crippen molar-refractivity contribution in [3.05, 3.63) is 57.5 Å². The highest BCUT2D eigenvalue weighted by atomic mass is 32.2. The molecule has 0 heterocycles. The summed E-state index contributed by atoms with van der Waals surface area (Å²) in [5.74, 6) is -0.184. The highest BCUT2D eigenvalue weighted by molar-refractivity contribution is 7.80. The lowest BCUT2D eigenvalue weighted by atomic mass is 9.86. The average Bonchev–Trinajstić information content (AvgIpc) is 2.67. The van der Waals surface area contributed by atoms with Crippen LogP contribution in [-0.2, 0) is 16.7 Å². The fourth-order valence-corrected chi connectivity index (χ4v) is 3.08. The Morgan fingerprint density at radius 1 is 1.30 bits per heavy atom. The molecule has 1 atom stereocenters. The second-order valence-corrected chi connectivity index (χ2v) is 8.71. The van der Waals surface area contributed by atoms with Gasteiger partial charge in [0.1, 0.15) is 0 Å². The molecule has 1 unspecified atom stereocenters. The van der Waals surface area contributed by atoms with Gasteiger partial charge in [0.15, 0.2) is 5.75 Å². The van der Waals surface area contributed by atoms with Gasteiger partial charge in [-0.05, 0) is 53.3 Å². The quantitative estimate of drug-likeness (QED) is 0.286. The molecule has 0 bridgehead atoms. The number of aryl methyl sites for hydroxylation is 1. The van der Waals surface area contributed by atoms with Crippen LogP contribution in [-0.4, -0.2) is 28.8 Å². The normalized spacial score (nSPS) is 12.0. The van der Waals surface area contributed by atoms with Gasteiger partial charge < -0.3 is 10.1 Å². The van der Waals surface area contributed by atoms with Crippen LogP contribution in [0, 0.1) is 6.92 Å². The topological polar surface area (TPSA) is 128 Å². The molecule has 0 spiro atoms. The fourth-order valence-electron chi connectivity index (χ4n) is 2.77. The molecule has 2 aromatic rings. The van der Waals surface area contributed by atoms with Crippen LogP contribution in [0.1, 0.15) is 42.3 Å². The number of carbonyl (C=O) groups is 1. The molecule has 0 aromatic heterocycles. The van der Waals surface area contributed by atoms with Gasteiger partial charge in [-0.15, -0.1) is 0 Å². The summed E-state index contributed by atoms with van der Waals surface area (Å²) in [6.07, 6.45) is 0. The molecule has 2 N–H and O–H groups in total. The van der Waals surface area contributed by atoms with E-state index in [0.29, 0.717) is 22.6 Å². The summed E-state index contributed by atoms with van der Waals surface area (Å²) >= 11 is -2.28. The number of azide groups is 1. The van der Waals surface area contributed by atoms with Crippen LogP contribution in [0.5, 0.6) is 5.75 Å². The van der Waals surface area contributed by atoms with E-state index in [1.54, 1.807) is 31.2 Å². The Morgan fingerprint density at radius 2 is 1.97 bits per heavy atom. The van der Waals surface area contributed by atoms with E-state index in [2.05, 4.69) is 15.3 Å². The van der Waals surface area contributed by atoms with Crippen LogP contribution in [0.25, 0.3) is 10.4 Å². The number of rotatable bonds is 6. The van der Waals surface area contributed by atoms with E-state index < -0.39 is 17.2 Å². The van der Waals surface area contributed by atoms with Crippen LogP contribution in [0.3, 0.4) is 0 Å². The average molecular weight is 432 g/mol. The molecule has 1 amide bonds. The van der Waals surface area contributed by atoms with Gasteiger partial charge in [-0.1, -0.05) is 32.0 Å². The molecular formula is C20H25N5O4S. The lowest BCUT2D eigenvalue weighted by Crippen LogP contribution is -2.23. The zero-order valence-corrected chi connectivity index (χ0v) is 18.6. The van der Waals surface area contributed by atoms with Crippen molar-refractivity contribution in [3.63, 3.8) is 0 Å². The number of hydrogen-bond acceptors (Lipinski definition) is 4. The van der Waals surface area contributed by atoms with E-state index >= 15 is 0 Å². The summed E-state index contributed by atoms with van der Waals surface area (Å²) in [7, 11) is 2.88. The first-order chi connectivity index (χ1) is 14.0. The van der Waals surface area contributed by atoms with Crippen molar-refractivity contribution in [2.24, 2.45) is 5.11 Å². The second-order valence-electron chi connectivity index (χ2n) is 7.70. The molecule has 0 aliphatic carbocycles. The maximum Gasteiger partial charge on any atom is 0.261 e. The molecule has 0 aliphatic heterocycles. The lowest BCUT2D eigenvalue weighted by molar-refractivity contribution is 0.102. The number of amides is 1. The van der Waals surface area contributed by atoms with Crippen LogP contribution in [0.4, 0.5) is 17.1 Å². The molecule has 2 rings (SSSR count). The van der Waals surface area contributed by atoms with Crippen molar-refractivity contribution in [2.45, 2.75) is 33.1 Å². The number of carbonyl (C=O) groups excluding carboxylic acids is 1. The zero-order valence-electron chi connectivity index (χ0n) is 17.8. The smallest absolute Gasteiger partial charge is 0.261 e. The van der Waals surface area contributed by atoms with Gasteiger partial charge in [0.2, 0.25) is 0 Å². The van der Waals surface area contributed by atoms with Crippen LogP contribution in [0.15, 0.2) is 35.4 Å². The van der Waals surface area contributed by atoms with E-state index in [1.165, 1.54) is 20.2 Å². The van der Waals surface area contributed by atoms with Gasteiger partial charge in [-0.25, -0.2) is 4.21 Å². The third-order valence-corrected chi connectivity index (χ3v) is 5.25. The van der Waals surface area contributed by atoms with E-state index in [4.69, 9.17) is 10.3 Å². The number of anilines is 2. The van der Waals surface area contributed by atoms with Gasteiger partial charge in [-0.2, -0.15) is 0 Å². The molecule has 0 radical (unpaired) electrons. The Morgan fingerprint density at radius 3 is 2.50 bits per heavy atom. The maximum atomic E-state index is 12.9. The highest BCUT2D eigenvalue weighted by Gasteiger charge is 2.24. The molecule has 30 heavy (non-hydrogen) atoms. The summed E-state index contributed by atoms with van der Waals surface area (Å²) in [6, 6.07) is 8.35. The largest absolute Gasteiger partial charge is 0.492 e. The molecule has 0 saturated heterocycles. The number of hydrogen-bond donors (Lipinski definition) is 2. The minimum Gasteiger partial charge on any atom is -0.492 e. The first-order valence-corrected chi connectivity index (χ1v) is 10.1. The summed E-state index contributed by atoms with van der Waals surface area (Å²) in [5.41, 5.74) is 11.4. The number of nitrogens with zero attached hydrogens (tertiary/aromatic N) is 4. The molecule has 10 heteroatoms. The molecular weight excluding hydrogens is 406 g/mol. The molecule has 0 saturated carbocycles. The highest BCUT2D eigenvalue weighted by Crippen LogP contribution is 2.40. The monoisotopic (exact) mass is 431 g/mol. The van der Waals surface area contributed by atoms with Crippen molar-refractivity contribution in [1.29, 1.82) is 0 Å². The zero-order chi connectivity index (χ0) is 22.6. The second kappa shape index (κ2) is 9.17. The summed E-state index contributed by atoms with van der Waals surface area (Å²) in [5, 5.41) is 6.41. The minimum absolute atomic E-state index is 0.253. The Balaban J connectivity index is 2.58. The third-order valence-electron chi connectivity index (χ3n) is 4.58. The van der Waals surface area contributed by atoms with E-state index in [-0.39, 0.29) is 11.2 Å². The van der Waals surface area contributed by atoms with Gasteiger partial charge in [0, 0.05) is 23.2 Å². The van der Waals surface area contributed by atoms with E-state index in [1.807, 2.05) is 20.8 Å². The fraction of sp³-hybridized carbons (Fsp3) is 0.350. The number of benzene rings is 2. The van der Waals surface area contributed by atoms with Crippen molar-refractivity contribution < 1.29 is 18.3 Å². The first kappa shape index (κ1) is 23.2. The minimum atomic E-state index is -2.28.